The van der Waals surface area contributed by atoms with Crippen molar-refractivity contribution in [3.63, 3.8) is 0 Å². The molecular formula is C10H12BrF3N2O. The zero-order valence-corrected chi connectivity index (χ0v) is 10.5. The summed E-state index contributed by atoms with van der Waals surface area (Å²) < 4.78 is 37.5. The quantitative estimate of drug-likeness (QED) is 0.905. The van der Waals surface area contributed by atoms with E-state index in [0.717, 1.165) is 4.90 Å². The van der Waals surface area contributed by atoms with E-state index in [1.165, 1.54) is 6.20 Å². The third-order valence-electron chi connectivity index (χ3n) is 1.99. The molecule has 3 nitrogen and oxygen atoms in total. The number of rotatable bonds is 5. The van der Waals surface area contributed by atoms with Gasteiger partial charge in [0.25, 0.3) is 0 Å². The van der Waals surface area contributed by atoms with E-state index in [9.17, 15) is 13.2 Å². The summed E-state index contributed by atoms with van der Waals surface area (Å²) in [5, 5.41) is 8.73. The largest absolute Gasteiger partial charge is 0.401 e. The molecule has 0 bridgehead atoms. The number of hydrogen-bond donors (Lipinski definition) is 1. The van der Waals surface area contributed by atoms with Gasteiger partial charge in [-0.15, -0.1) is 0 Å². The summed E-state index contributed by atoms with van der Waals surface area (Å²) in [6.45, 7) is -1.27. The van der Waals surface area contributed by atoms with Gasteiger partial charge in [-0.05, 0) is 27.6 Å². The Morgan fingerprint density at radius 1 is 1.35 bits per heavy atom. The molecule has 0 saturated heterocycles. The molecule has 0 saturated carbocycles. The Balaban J connectivity index is 2.66. The molecule has 0 fully saturated rings. The second-order valence-corrected chi connectivity index (χ2v) is 4.48. The van der Waals surface area contributed by atoms with Gasteiger partial charge < -0.3 is 5.11 Å². The first kappa shape index (κ1) is 14.4. The molecule has 1 N–H and O–H groups in total. The van der Waals surface area contributed by atoms with Crippen LogP contribution in [0.25, 0.3) is 0 Å². The van der Waals surface area contributed by atoms with E-state index in [0.29, 0.717) is 10.0 Å². The van der Waals surface area contributed by atoms with Crippen LogP contribution in [-0.2, 0) is 6.54 Å². The molecule has 96 valence electrons. The molecule has 1 heterocycles. The molecule has 0 unspecified atom stereocenters. The molecule has 1 rings (SSSR count). The summed E-state index contributed by atoms with van der Waals surface area (Å²) >= 11 is 3.20. The lowest BCUT2D eigenvalue weighted by Crippen LogP contribution is -2.35. The van der Waals surface area contributed by atoms with Crippen molar-refractivity contribution in [2.24, 2.45) is 0 Å². The average Bonchev–Trinajstić information content (AvgIpc) is 2.15. The summed E-state index contributed by atoms with van der Waals surface area (Å²) in [6.07, 6.45) is -1.20. The van der Waals surface area contributed by atoms with Crippen LogP contribution in [0.2, 0.25) is 0 Å². The van der Waals surface area contributed by atoms with E-state index >= 15 is 0 Å². The van der Waals surface area contributed by atoms with Gasteiger partial charge in [0.2, 0.25) is 0 Å². The van der Waals surface area contributed by atoms with Gasteiger partial charge >= 0.3 is 6.18 Å². The lowest BCUT2D eigenvalue weighted by atomic mass is 10.2. The van der Waals surface area contributed by atoms with Crippen molar-refractivity contribution >= 4 is 15.9 Å². The highest BCUT2D eigenvalue weighted by molar-refractivity contribution is 9.10. The van der Waals surface area contributed by atoms with Gasteiger partial charge in [0, 0.05) is 30.0 Å². The summed E-state index contributed by atoms with van der Waals surface area (Å²) in [4.78, 5) is 5.01. The molecule has 0 amide bonds. The van der Waals surface area contributed by atoms with Crippen LogP contribution >= 0.6 is 15.9 Å². The molecule has 0 radical (unpaired) electrons. The lowest BCUT2D eigenvalue weighted by Gasteiger charge is -2.22. The summed E-state index contributed by atoms with van der Waals surface area (Å²) in [5.74, 6) is 0. The second kappa shape index (κ2) is 6.32. The monoisotopic (exact) mass is 312 g/mol. The van der Waals surface area contributed by atoms with Crippen LogP contribution in [0.4, 0.5) is 13.2 Å². The molecule has 1 aromatic heterocycles. The average molecular weight is 313 g/mol. The van der Waals surface area contributed by atoms with E-state index in [1.807, 2.05) is 0 Å². The molecule has 0 aliphatic carbocycles. The van der Waals surface area contributed by atoms with Gasteiger partial charge in [-0.25, -0.2) is 0 Å². The van der Waals surface area contributed by atoms with Crippen LogP contribution in [0.5, 0.6) is 0 Å². The predicted molar refractivity (Wildman–Crippen MR) is 60.4 cm³/mol. The first-order chi connectivity index (χ1) is 7.90. The van der Waals surface area contributed by atoms with E-state index in [-0.39, 0.29) is 19.7 Å². The first-order valence-corrected chi connectivity index (χ1v) is 5.69. The topological polar surface area (TPSA) is 36.4 Å². The van der Waals surface area contributed by atoms with Crippen molar-refractivity contribution in [3.8, 4) is 0 Å². The SMILES string of the molecule is OCCN(Cc1cncc(Br)c1)CC(F)(F)F. The zero-order valence-electron chi connectivity index (χ0n) is 8.91. The minimum Gasteiger partial charge on any atom is -0.395 e. The highest BCUT2D eigenvalue weighted by Gasteiger charge is 2.30. The van der Waals surface area contributed by atoms with Crippen LogP contribution in [0.3, 0.4) is 0 Å². The number of nitrogens with zero attached hydrogens (tertiary/aromatic N) is 2. The minimum atomic E-state index is -4.27. The number of hydrogen-bond acceptors (Lipinski definition) is 3. The van der Waals surface area contributed by atoms with Gasteiger partial charge in [0.1, 0.15) is 0 Å². The van der Waals surface area contributed by atoms with Crippen molar-refractivity contribution in [1.82, 2.24) is 9.88 Å². The number of aliphatic hydroxyl groups is 1. The Hall–Kier alpha value is -0.660. The number of aliphatic hydroxyl groups excluding tert-OH is 1. The Kier molecular flexibility index (Phi) is 5.35. The maximum absolute atomic E-state index is 12.3. The molecule has 0 aliphatic heterocycles. The maximum Gasteiger partial charge on any atom is 0.401 e. The van der Waals surface area contributed by atoms with Crippen molar-refractivity contribution in [3.05, 3.63) is 28.5 Å². The molecule has 1 aromatic rings. The summed E-state index contributed by atoms with van der Waals surface area (Å²) in [6, 6.07) is 1.70. The van der Waals surface area contributed by atoms with E-state index < -0.39 is 12.7 Å². The fraction of sp³-hybridized carbons (Fsp3) is 0.500. The van der Waals surface area contributed by atoms with Crippen LogP contribution in [0, 0.1) is 0 Å². The van der Waals surface area contributed by atoms with Gasteiger partial charge in [0.15, 0.2) is 0 Å². The standard InChI is InChI=1S/C10H12BrF3N2O/c11-9-3-8(4-15-5-9)6-16(1-2-17)7-10(12,13)14/h3-5,17H,1-2,6-7H2. The Morgan fingerprint density at radius 2 is 2.06 bits per heavy atom. The maximum atomic E-state index is 12.3. The van der Waals surface area contributed by atoms with E-state index in [2.05, 4.69) is 20.9 Å². The summed E-state index contributed by atoms with van der Waals surface area (Å²) in [5.41, 5.74) is 0.664. The number of alkyl halides is 3. The van der Waals surface area contributed by atoms with Gasteiger partial charge in [0.05, 0.1) is 13.2 Å². The smallest absolute Gasteiger partial charge is 0.395 e. The van der Waals surface area contributed by atoms with E-state index in [1.54, 1.807) is 12.3 Å². The first-order valence-electron chi connectivity index (χ1n) is 4.90. The molecule has 0 aliphatic rings. The van der Waals surface area contributed by atoms with Crippen LogP contribution in [0.15, 0.2) is 22.9 Å². The second-order valence-electron chi connectivity index (χ2n) is 3.56. The molecule has 0 aromatic carbocycles. The van der Waals surface area contributed by atoms with Gasteiger partial charge in [-0.1, -0.05) is 0 Å². The number of aromatic nitrogens is 1. The minimum absolute atomic E-state index is 0.0218. The normalized spacial score (nSPS) is 12.1. The molecule has 17 heavy (non-hydrogen) atoms. The molecule has 0 atom stereocenters. The van der Waals surface area contributed by atoms with Gasteiger partial charge in [-0.2, -0.15) is 13.2 Å². The Labute approximate surface area is 105 Å². The van der Waals surface area contributed by atoms with Crippen molar-refractivity contribution < 1.29 is 18.3 Å². The number of pyridine rings is 1. The fourth-order valence-electron chi connectivity index (χ4n) is 1.41. The van der Waals surface area contributed by atoms with Crippen LogP contribution in [0.1, 0.15) is 5.56 Å². The predicted octanol–water partition coefficient (Wildman–Crippen LogP) is 2.20. The van der Waals surface area contributed by atoms with E-state index in [4.69, 9.17) is 5.11 Å². The van der Waals surface area contributed by atoms with Crippen molar-refractivity contribution in [1.29, 1.82) is 0 Å². The van der Waals surface area contributed by atoms with Crippen molar-refractivity contribution in [2.75, 3.05) is 19.7 Å². The Bertz CT molecular complexity index is 360. The molecule has 7 heteroatoms. The molecular weight excluding hydrogens is 301 g/mol. The third-order valence-corrected chi connectivity index (χ3v) is 2.42. The van der Waals surface area contributed by atoms with Crippen LogP contribution in [-0.4, -0.2) is 40.9 Å². The Morgan fingerprint density at radius 3 is 2.59 bits per heavy atom. The van der Waals surface area contributed by atoms with Gasteiger partial charge in [-0.3, -0.25) is 9.88 Å². The zero-order chi connectivity index (χ0) is 12.9. The summed E-state index contributed by atoms with van der Waals surface area (Å²) in [7, 11) is 0. The molecule has 0 spiro atoms. The van der Waals surface area contributed by atoms with Crippen molar-refractivity contribution in [2.45, 2.75) is 12.7 Å². The van der Waals surface area contributed by atoms with Crippen LogP contribution < -0.4 is 0 Å². The highest BCUT2D eigenvalue weighted by Crippen LogP contribution is 2.18. The third kappa shape index (κ3) is 5.99. The highest BCUT2D eigenvalue weighted by atomic mass is 79.9. The lowest BCUT2D eigenvalue weighted by molar-refractivity contribution is -0.147. The fourth-order valence-corrected chi connectivity index (χ4v) is 1.82. The number of halogens is 4.